The van der Waals surface area contributed by atoms with E-state index in [-0.39, 0.29) is 22.8 Å². The summed E-state index contributed by atoms with van der Waals surface area (Å²) >= 11 is 0. The van der Waals surface area contributed by atoms with Crippen LogP contribution < -0.4 is 21.5 Å². The van der Waals surface area contributed by atoms with E-state index in [0.717, 1.165) is 25.7 Å². The minimum Gasteiger partial charge on any atom is -0.492 e. The van der Waals surface area contributed by atoms with Crippen molar-refractivity contribution in [2.45, 2.75) is 77.4 Å². The van der Waals surface area contributed by atoms with Crippen LogP contribution in [0.4, 0.5) is 5.69 Å². The summed E-state index contributed by atoms with van der Waals surface area (Å²) in [6, 6.07) is 3.69. The molecule has 9 heteroatoms. The Morgan fingerprint density at radius 3 is 2.46 bits per heavy atom. The molecule has 1 aromatic carbocycles. The second kappa shape index (κ2) is 10.2. The molecule has 200 valence electrons. The zero-order valence-corrected chi connectivity index (χ0v) is 22.8. The lowest BCUT2D eigenvalue weighted by molar-refractivity contribution is 0.0981. The standard InChI is InChI=1S/C28H40N6O3/c1-17-15-31-26(37-17)19-11-22(32-35)25(23(12-19)36-16-18-7-8-18)21(29)9-10-24(30)34(6)20-13-27(2,3)33-28(4,5)14-20/h9-12,15,18,20,33H,7-8,13-14,16,29-30H2,1-6H3/b21-9-,24-10+. The highest BCUT2D eigenvalue weighted by atomic mass is 16.5. The van der Waals surface area contributed by atoms with Crippen molar-refractivity contribution < 1.29 is 9.15 Å². The molecule has 2 aliphatic rings. The summed E-state index contributed by atoms with van der Waals surface area (Å²) in [5.41, 5.74) is 14.6. The summed E-state index contributed by atoms with van der Waals surface area (Å²) in [6.07, 6.45) is 9.31. The van der Waals surface area contributed by atoms with Crippen molar-refractivity contribution in [2.24, 2.45) is 22.6 Å². The Labute approximate surface area is 219 Å². The number of nitroso groups, excluding NO2 is 1. The van der Waals surface area contributed by atoms with E-state index in [1.54, 1.807) is 30.5 Å². The maximum atomic E-state index is 11.9. The van der Waals surface area contributed by atoms with Crippen molar-refractivity contribution in [2.75, 3.05) is 13.7 Å². The predicted molar refractivity (Wildman–Crippen MR) is 147 cm³/mol. The van der Waals surface area contributed by atoms with Crippen LogP contribution >= 0.6 is 0 Å². The molecule has 0 bridgehead atoms. The maximum absolute atomic E-state index is 11.9. The molecule has 5 N–H and O–H groups in total. The molecule has 2 fully saturated rings. The monoisotopic (exact) mass is 508 g/mol. The van der Waals surface area contributed by atoms with Crippen LogP contribution in [0.5, 0.6) is 5.75 Å². The molecule has 4 rings (SSSR count). The van der Waals surface area contributed by atoms with E-state index in [9.17, 15) is 4.91 Å². The van der Waals surface area contributed by atoms with Crippen molar-refractivity contribution in [3.8, 4) is 17.2 Å². The number of nitrogens with two attached hydrogens (primary N) is 2. The number of benzene rings is 1. The lowest BCUT2D eigenvalue weighted by Crippen LogP contribution is -2.61. The van der Waals surface area contributed by atoms with Gasteiger partial charge in [0, 0.05) is 35.4 Å². The van der Waals surface area contributed by atoms with Gasteiger partial charge in [-0.2, -0.15) is 0 Å². The van der Waals surface area contributed by atoms with Gasteiger partial charge in [-0.3, -0.25) is 0 Å². The highest BCUT2D eigenvalue weighted by molar-refractivity contribution is 5.82. The normalized spacial score (nSPS) is 20.1. The Balaban J connectivity index is 1.64. The van der Waals surface area contributed by atoms with Crippen molar-refractivity contribution in [1.29, 1.82) is 0 Å². The molecule has 1 saturated heterocycles. The molecule has 1 aliphatic carbocycles. The van der Waals surface area contributed by atoms with Gasteiger partial charge in [-0.05, 0) is 95.7 Å². The smallest absolute Gasteiger partial charge is 0.226 e. The SMILES string of the molecule is Cc1cnc(-c2cc(N=O)c(/C(N)=C/C=C(\N)N(C)C3CC(C)(C)NC(C)(C)C3)c(OCC3CC3)c2)o1. The number of hydrogen-bond donors (Lipinski definition) is 3. The summed E-state index contributed by atoms with van der Waals surface area (Å²) in [4.78, 5) is 18.3. The molecule has 0 radical (unpaired) electrons. The summed E-state index contributed by atoms with van der Waals surface area (Å²) in [7, 11) is 2.01. The molecule has 1 saturated carbocycles. The minimum atomic E-state index is -0.00269. The number of piperidine rings is 1. The van der Waals surface area contributed by atoms with E-state index in [4.69, 9.17) is 20.6 Å². The zero-order chi connectivity index (χ0) is 27.0. The average molecular weight is 509 g/mol. The molecule has 37 heavy (non-hydrogen) atoms. The van der Waals surface area contributed by atoms with E-state index in [2.05, 4.69) is 48.1 Å². The Bertz CT molecular complexity index is 1190. The molecule has 0 spiro atoms. The van der Waals surface area contributed by atoms with Crippen molar-refractivity contribution in [3.05, 3.63) is 52.5 Å². The van der Waals surface area contributed by atoms with Crippen molar-refractivity contribution in [1.82, 2.24) is 15.2 Å². The second-order valence-corrected chi connectivity index (χ2v) is 11.8. The number of oxazole rings is 1. The molecule has 2 aromatic rings. The van der Waals surface area contributed by atoms with Crippen LogP contribution in [0.1, 0.15) is 64.7 Å². The van der Waals surface area contributed by atoms with Crippen LogP contribution in [-0.4, -0.2) is 40.7 Å². The van der Waals surface area contributed by atoms with Gasteiger partial charge in [0.2, 0.25) is 5.89 Å². The molecule has 0 atom stereocenters. The highest BCUT2D eigenvalue weighted by Gasteiger charge is 2.39. The fourth-order valence-electron chi connectivity index (χ4n) is 5.31. The van der Waals surface area contributed by atoms with E-state index in [1.165, 1.54) is 0 Å². The zero-order valence-electron chi connectivity index (χ0n) is 22.8. The Kier molecular flexibility index (Phi) is 7.37. The predicted octanol–water partition coefficient (Wildman–Crippen LogP) is 5.18. The van der Waals surface area contributed by atoms with Crippen LogP contribution in [0.2, 0.25) is 0 Å². The lowest BCUT2D eigenvalue weighted by Gasteiger charge is -2.49. The number of allylic oxidation sites excluding steroid dienone is 2. The summed E-state index contributed by atoms with van der Waals surface area (Å²) in [5, 5.41) is 6.97. The topological polar surface area (TPSA) is 132 Å². The summed E-state index contributed by atoms with van der Waals surface area (Å²) in [5.74, 6) is 2.65. The molecular weight excluding hydrogens is 468 g/mol. The molecular formula is C28H40N6O3. The number of hydrogen-bond acceptors (Lipinski definition) is 9. The summed E-state index contributed by atoms with van der Waals surface area (Å²) in [6.45, 7) is 11.2. The van der Waals surface area contributed by atoms with Crippen LogP contribution in [0.25, 0.3) is 17.2 Å². The number of ether oxygens (including phenoxy) is 1. The van der Waals surface area contributed by atoms with Crippen molar-refractivity contribution in [3.63, 3.8) is 0 Å². The third kappa shape index (κ3) is 6.52. The molecule has 1 aromatic heterocycles. The van der Waals surface area contributed by atoms with Crippen LogP contribution in [-0.2, 0) is 0 Å². The molecule has 9 nitrogen and oxygen atoms in total. The minimum absolute atomic E-state index is 0.00269. The van der Waals surface area contributed by atoms with Crippen LogP contribution in [0.3, 0.4) is 0 Å². The first-order valence-electron chi connectivity index (χ1n) is 12.9. The van der Waals surface area contributed by atoms with E-state index in [1.807, 2.05) is 14.0 Å². The number of rotatable bonds is 9. The van der Waals surface area contributed by atoms with Gasteiger partial charge < -0.3 is 30.8 Å². The first kappa shape index (κ1) is 26.7. The van der Waals surface area contributed by atoms with Gasteiger partial charge in [-0.1, -0.05) is 0 Å². The fourth-order valence-corrected chi connectivity index (χ4v) is 5.31. The second-order valence-electron chi connectivity index (χ2n) is 11.8. The van der Waals surface area contributed by atoms with E-state index in [0.29, 0.717) is 52.6 Å². The van der Waals surface area contributed by atoms with E-state index >= 15 is 0 Å². The summed E-state index contributed by atoms with van der Waals surface area (Å²) < 4.78 is 11.8. The lowest BCUT2D eigenvalue weighted by atomic mass is 9.79. The first-order valence-corrected chi connectivity index (χ1v) is 12.9. The van der Waals surface area contributed by atoms with Gasteiger partial charge >= 0.3 is 0 Å². The van der Waals surface area contributed by atoms with Crippen LogP contribution in [0, 0.1) is 17.7 Å². The molecule has 2 heterocycles. The third-order valence-electron chi connectivity index (χ3n) is 7.07. The number of nitrogens with one attached hydrogen (secondary N) is 1. The largest absolute Gasteiger partial charge is 0.492 e. The average Bonchev–Trinajstić information content (AvgIpc) is 3.55. The van der Waals surface area contributed by atoms with Gasteiger partial charge in [-0.15, -0.1) is 4.91 Å². The van der Waals surface area contributed by atoms with E-state index < -0.39 is 0 Å². The Hall–Kier alpha value is -3.33. The third-order valence-corrected chi connectivity index (χ3v) is 7.07. The quantitative estimate of drug-likeness (QED) is 0.312. The first-order chi connectivity index (χ1) is 17.4. The number of nitrogens with zero attached hydrogens (tertiary/aromatic N) is 3. The number of aromatic nitrogens is 1. The van der Waals surface area contributed by atoms with Crippen molar-refractivity contribution >= 4 is 11.4 Å². The maximum Gasteiger partial charge on any atom is 0.226 e. The Morgan fingerprint density at radius 2 is 1.89 bits per heavy atom. The molecule has 0 amide bonds. The van der Waals surface area contributed by atoms with Gasteiger partial charge in [0.05, 0.1) is 24.2 Å². The Morgan fingerprint density at radius 1 is 1.22 bits per heavy atom. The fraction of sp³-hybridized carbons (Fsp3) is 0.536. The number of aryl methyl sites for hydroxylation is 1. The van der Waals surface area contributed by atoms with Crippen LogP contribution in [0.15, 0.2) is 45.9 Å². The highest BCUT2D eigenvalue weighted by Crippen LogP contribution is 2.40. The van der Waals surface area contributed by atoms with Gasteiger partial charge in [0.1, 0.15) is 17.2 Å². The van der Waals surface area contributed by atoms with Gasteiger partial charge in [-0.25, -0.2) is 4.98 Å². The molecule has 0 unspecified atom stereocenters. The molecule has 1 aliphatic heterocycles. The van der Waals surface area contributed by atoms with Gasteiger partial charge in [0.25, 0.3) is 0 Å². The van der Waals surface area contributed by atoms with Gasteiger partial charge in [0.15, 0.2) is 0 Å².